The summed E-state index contributed by atoms with van der Waals surface area (Å²) in [5.74, 6) is 1.74. The molecule has 2 aromatic heterocycles. The fourth-order valence-corrected chi connectivity index (χ4v) is 3.49. The van der Waals surface area contributed by atoms with E-state index in [-0.39, 0.29) is 17.7 Å². The third kappa shape index (κ3) is 3.60. The highest BCUT2D eigenvalue weighted by Crippen LogP contribution is 2.28. The number of hydrogen-bond acceptors (Lipinski definition) is 7. The minimum absolute atomic E-state index is 0.141. The Morgan fingerprint density at radius 2 is 2.11 bits per heavy atom. The third-order valence-electron chi connectivity index (χ3n) is 4.93. The number of aromatic nitrogens is 5. The summed E-state index contributed by atoms with van der Waals surface area (Å²) in [6.45, 7) is 4.24. The zero-order valence-electron chi connectivity index (χ0n) is 15.4. The highest BCUT2D eigenvalue weighted by atomic mass is 16.5. The predicted molar refractivity (Wildman–Crippen MR) is 101 cm³/mol. The van der Waals surface area contributed by atoms with E-state index >= 15 is 0 Å². The highest BCUT2D eigenvalue weighted by molar-refractivity contribution is 5.78. The van der Waals surface area contributed by atoms with Crippen LogP contribution in [0.2, 0.25) is 0 Å². The lowest BCUT2D eigenvalue weighted by Gasteiger charge is -2.12. The Hall–Kier alpha value is -3.03. The van der Waals surface area contributed by atoms with Gasteiger partial charge < -0.3 is 10.1 Å². The lowest BCUT2D eigenvalue weighted by Crippen LogP contribution is -2.18. The Balaban J connectivity index is 1.57. The summed E-state index contributed by atoms with van der Waals surface area (Å²) in [5, 5.41) is 11.7. The molecule has 2 atom stereocenters. The van der Waals surface area contributed by atoms with E-state index in [0.29, 0.717) is 23.7 Å². The van der Waals surface area contributed by atoms with Crippen molar-refractivity contribution in [2.45, 2.75) is 39.2 Å². The summed E-state index contributed by atoms with van der Waals surface area (Å²) < 4.78 is 7.17. The van der Waals surface area contributed by atoms with Crippen LogP contribution in [0, 0.1) is 5.92 Å². The van der Waals surface area contributed by atoms with E-state index in [1.165, 1.54) is 0 Å². The second kappa shape index (κ2) is 7.30. The van der Waals surface area contributed by atoms with Gasteiger partial charge >= 0.3 is 0 Å². The zero-order chi connectivity index (χ0) is 18.8. The maximum Gasteiger partial charge on any atom is 0.225 e. The number of rotatable bonds is 6. The van der Waals surface area contributed by atoms with Crippen LogP contribution in [-0.2, 0) is 4.79 Å². The van der Waals surface area contributed by atoms with Gasteiger partial charge in [0.25, 0.3) is 0 Å². The molecule has 1 fully saturated rings. The highest BCUT2D eigenvalue weighted by Gasteiger charge is 2.28. The Morgan fingerprint density at radius 3 is 2.81 bits per heavy atom. The van der Waals surface area contributed by atoms with E-state index in [4.69, 9.17) is 4.74 Å². The number of carbonyl (C=O) groups is 1. The van der Waals surface area contributed by atoms with Crippen LogP contribution in [0.1, 0.15) is 33.1 Å². The molecule has 2 unspecified atom stereocenters. The molecular weight excluding hydrogens is 344 g/mol. The normalized spacial score (nSPS) is 19.3. The number of fused-ring (bicyclic) bond motifs is 1. The van der Waals surface area contributed by atoms with Crippen molar-refractivity contribution in [1.29, 1.82) is 0 Å². The minimum Gasteiger partial charge on any atom is -0.494 e. The first-order chi connectivity index (χ1) is 13.1. The molecule has 0 spiro atoms. The molecule has 1 saturated carbocycles. The quantitative estimate of drug-likeness (QED) is 0.717. The zero-order valence-corrected chi connectivity index (χ0v) is 15.4. The van der Waals surface area contributed by atoms with Gasteiger partial charge in [0, 0.05) is 12.0 Å². The number of hydrogen-bond donors (Lipinski definition) is 1. The molecule has 140 valence electrons. The second-order valence-corrected chi connectivity index (χ2v) is 6.79. The number of nitrogens with one attached hydrogen (secondary N) is 1. The molecule has 1 N–H and O–H groups in total. The summed E-state index contributed by atoms with van der Waals surface area (Å²) in [6.07, 6.45) is 4.36. The number of nitrogens with zero attached hydrogens (tertiary/aromatic N) is 5. The summed E-state index contributed by atoms with van der Waals surface area (Å²) in [7, 11) is 0. The molecule has 8 nitrogen and oxygen atoms in total. The number of benzene rings is 1. The molecule has 0 saturated heterocycles. The summed E-state index contributed by atoms with van der Waals surface area (Å²) in [5.41, 5.74) is 2.11. The standard InChI is InChI=1S/C19H22N6O2/c1-3-27-16-8-6-15(7-9-16)25-18-17(23-24-25)11-20-19(22-18)21-14-5-4-13(10-14)12(2)26/h6-9,11,13-14H,3-5,10H2,1-2H3,(H,20,21,22). The largest absolute Gasteiger partial charge is 0.494 e. The van der Waals surface area contributed by atoms with Crippen molar-refractivity contribution in [3.8, 4) is 11.4 Å². The van der Waals surface area contributed by atoms with Crippen LogP contribution >= 0.6 is 0 Å². The maximum atomic E-state index is 11.6. The molecule has 1 aromatic carbocycles. The third-order valence-corrected chi connectivity index (χ3v) is 4.93. The van der Waals surface area contributed by atoms with Crippen LogP contribution in [0.4, 0.5) is 5.95 Å². The molecule has 2 heterocycles. The summed E-state index contributed by atoms with van der Waals surface area (Å²) in [6, 6.07) is 7.84. The van der Waals surface area contributed by atoms with Crippen LogP contribution in [0.3, 0.4) is 0 Å². The number of Topliss-reactive ketones (excluding diaryl/α,β-unsaturated/α-hetero) is 1. The van der Waals surface area contributed by atoms with Crippen molar-refractivity contribution in [2.24, 2.45) is 5.92 Å². The minimum atomic E-state index is 0.141. The van der Waals surface area contributed by atoms with Crippen LogP contribution in [0.15, 0.2) is 30.5 Å². The van der Waals surface area contributed by atoms with Gasteiger partial charge in [-0.15, -0.1) is 5.10 Å². The van der Waals surface area contributed by atoms with Gasteiger partial charge in [0.15, 0.2) is 11.2 Å². The van der Waals surface area contributed by atoms with E-state index < -0.39 is 0 Å². The Kier molecular flexibility index (Phi) is 4.70. The average Bonchev–Trinajstić information content (AvgIpc) is 3.30. The number of ether oxygens (including phenoxy) is 1. The summed E-state index contributed by atoms with van der Waals surface area (Å²) >= 11 is 0. The van der Waals surface area contributed by atoms with E-state index in [2.05, 4.69) is 25.6 Å². The smallest absolute Gasteiger partial charge is 0.225 e. The molecule has 0 bridgehead atoms. The van der Waals surface area contributed by atoms with Gasteiger partial charge in [0.05, 0.1) is 18.5 Å². The Bertz CT molecular complexity index is 952. The van der Waals surface area contributed by atoms with Gasteiger partial charge in [0.2, 0.25) is 5.95 Å². The fraction of sp³-hybridized carbons (Fsp3) is 0.421. The number of ketones is 1. The van der Waals surface area contributed by atoms with Gasteiger partial charge in [0.1, 0.15) is 11.5 Å². The molecule has 0 aliphatic heterocycles. The van der Waals surface area contributed by atoms with Crippen molar-refractivity contribution in [1.82, 2.24) is 25.0 Å². The van der Waals surface area contributed by atoms with Crippen molar-refractivity contribution in [2.75, 3.05) is 11.9 Å². The Morgan fingerprint density at radius 1 is 1.30 bits per heavy atom. The average molecular weight is 366 g/mol. The van der Waals surface area contributed by atoms with E-state index in [0.717, 1.165) is 30.7 Å². The predicted octanol–water partition coefficient (Wildman–Crippen LogP) is 2.78. The van der Waals surface area contributed by atoms with Crippen molar-refractivity contribution in [3.05, 3.63) is 30.5 Å². The molecule has 0 radical (unpaired) electrons. The van der Waals surface area contributed by atoms with Crippen molar-refractivity contribution in [3.63, 3.8) is 0 Å². The Labute approximate surface area is 157 Å². The van der Waals surface area contributed by atoms with Crippen molar-refractivity contribution < 1.29 is 9.53 Å². The van der Waals surface area contributed by atoms with Crippen LogP contribution in [-0.4, -0.2) is 43.4 Å². The first-order valence-electron chi connectivity index (χ1n) is 9.22. The lowest BCUT2D eigenvalue weighted by molar-refractivity contribution is -0.120. The molecule has 3 aromatic rings. The monoisotopic (exact) mass is 366 g/mol. The van der Waals surface area contributed by atoms with Crippen LogP contribution < -0.4 is 10.1 Å². The molecule has 1 aliphatic rings. The van der Waals surface area contributed by atoms with Crippen LogP contribution in [0.5, 0.6) is 5.75 Å². The fourth-order valence-electron chi connectivity index (χ4n) is 3.49. The number of carbonyl (C=O) groups excluding carboxylic acids is 1. The molecule has 27 heavy (non-hydrogen) atoms. The first kappa shape index (κ1) is 17.4. The van der Waals surface area contributed by atoms with Gasteiger partial charge in [-0.05, 0) is 57.4 Å². The van der Waals surface area contributed by atoms with Gasteiger partial charge in [-0.1, -0.05) is 5.21 Å². The van der Waals surface area contributed by atoms with E-state index in [1.807, 2.05) is 31.2 Å². The molecule has 0 amide bonds. The molecule has 8 heteroatoms. The van der Waals surface area contributed by atoms with E-state index in [1.54, 1.807) is 17.8 Å². The van der Waals surface area contributed by atoms with Gasteiger partial charge in [-0.25, -0.2) is 4.98 Å². The lowest BCUT2D eigenvalue weighted by atomic mass is 10.0. The summed E-state index contributed by atoms with van der Waals surface area (Å²) in [4.78, 5) is 20.5. The van der Waals surface area contributed by atoms with Gasteiger partial charge in [-0.3, -0.25) is 4.79 Å². The topological polar surface area (TPSA) is 94.8 Å². The SMILES string of the molecule is CCOc1ccc(-n2nnc3cnc(NC4CCC(C(C)=O)C4)nc32)cc1. The molecule has 1 aliphatic carbocycles. The molecule has 4 rings (SSSR count). The first-order valence-corrected chi connectivity index (χ1v) is 9.22. The van der Waals surface area contributed by atoms with Crippen LogP contribution in [0.25, 0.3) is 16.9 Å². The van der Waals surface area contributed by atoms with Crippen molar-refractivity contribution >= 4 is 22.9 Å². The molecular formula is C19H22N6O2. The number of anilines is 1. The van der Waals surface area contributed by atoms with Gasteiger partial charge in [-0.2, -0.15) is 9.67 Å². The van der Waals surface area contributed by atoms with E-state index in [9.17, 15) is 4.79 Å². The second-order valence-electron chi connectivity index (χ2n) is 6.79. The maximum absolute atomic E-state index is 11.6.